The molecular formula is C22H31N5O3. The number of rotatable bonds is 2. The van der Waals surface area contributed by atoms with Crippen molar-refractivity contribution in [2.45, 2.75) is 65.5 Å². The Balaban J connectivity index is 1.64. The zero-order valence-corrected chi connectivity index (χ0v) is 18.5. The van der Waals surface area contributed by atoms with Gasteiger partial charge >= 0.3 is 12.1 Å². The maximum absolute atomic E-state index is 12.5. The smallest absolute Gasteiger partial charge is 0.410 e. The highest BCUT2D eigenvalue weighted by Crippen LogP contribution is 2.26. The van der Waals surface area contributed by atoms with Gasteiger partial charge in [-0.05, 0) is 43.9 Å². The molecule has 0 atom stereocenters. The molecule has 0 saturated heterocycles. The molecule has 1 aliphatic rings. The van der Waals surface area contributed by atoms with Crippen LogP contribution in [0.4, 0.5) is 21.1 Å². The van der Waals surface area contributed by atoms with Crippen LogP contribution in [0, 0.1) is 0 Å². The molecule has 0 unspecified atom stereocenters. The molecule has 8 heteroatoms. The highest BCUT2D eigenvalue weighted by atomic mass is 16.6. The first-order chi connectivity index (χ1) is 13.9. The van der Waals surface area contributed by atoms with Gasteiger partial charge in [-0.25, -0.2) is 9.59 Å². The van der Waals surface area contributed by atoms with Crippen molar-refractivity contribution in [2.75, 3.05) is 17.2 Å². The molecule has 0 radical (unpaired) electrons. The Hall–Kier alpha value is -3.03. The van der Waals surface area contributed by atoms with Crippen LogP contribution in [0.1, 0.15) is 58.4 Å². The summed E-state index contributed by atoms with van der Waals surface area (Å²) in [5.74, 6) is 0.419. The molecule has 0 bridgehead atoms. The highest BCUT2D eigenvalue weighted by Gasteiger charge is 2.29. The van der Waals surface area contributed by atoms with Gasteiger partial charge in [0.2, 0.25) is 0 Å². The van der Waals surface area contributed by atoms with E-state index in [1.165, 1.54) is 5.56 Å². The number of anilines is 2. The van der Waals surface area contributed by atoms with Crippen LogP contribution >= 0.6 is 0 Å². The fourth-order valence-electron chi connectivity index (χ4n) is 3.20. The summed E-state index contributed by atoms with van der Waals surface area (Å²) < 4.78 is 5.46. The van der Waals surface area contributed by atoms with Gasteiger partial charge in [0, 0.05) is 29.9 Å². The van der Waals surface area contributed by atoms with Crippen molar-refractivity contribution in [1.29, 1.82) is 0 Å². The van der Waals surface area contributed by atoms with Crippen molar-refractivity contribution in [1.82, 2.24) is 15.1 Å². The molecule has 162 valence electrons. The van der Waals surface area contributed by atoms with Crippen molar-refractivity contribution in [3.63, 3.8) is 0 Å². The van der Waals surface area contributed by atoms with E-state index in [9.17, 15) is 9.59 Å². The Kier molecular flexibility index (Phi) is 5.78. The first-order valence-corrected chi connectivity index (χ1v) is 10.1. The average molecular weight is 414 g/mol. The number of nitrogens with one attached hydrogen (secondary N) is 3. The second-order valence-electron chi connectivity index (χ2n) is 9.59. The number of aromatic amines is 1. The number of amides is 3. The van der Waals surface area contributed by atoms with Crippen molar-refractivity contribution < 1.29 is 14.3 Å². The molecule has 1 aromatic carbocycles. The fourth-order valence-corrected chi connectivity index (χ4v) is 3.20. The number of carbonyl (C=O) groups is 2. The molecule has 3 N–H and O–H groups in total. The number of fused-ring (bicyclic) bond motifs is 1. The minimum Gasteiger partial charge on any atom is -0.444 e. The van der Waals surface area contributed by atoms with Crippen LogP contribution in [0.15, 0.2) is 24.3 Å². The summed E-state index contributed by atoms with van der Waals surface area (Å²) in [6, 6.07) is 7.38. The van der Waals surface area contributed by atoms with E-state index in [2.05, 4.69) is 41.6 Å². The number of nitrogens with zero attached hydrogens (tertiary/aromatic N) is 2. The van der Waals surface area contributed by atoms with Crippen LogP contribution in [0.5, 0.6) is 0 Å². The third-order valence-electron chi connectivity index (χ3n) is 4.83. The summed E-state index contributed by atoms with van der Waals surface area (Å²) in [6.45, 7) is 12.8. The molecule has 0 saturated carbocycles. The second kappa shape index (κ2) is 8.01. The molecular weight excluding hydrogens is 382 g/mol. The second-order valence-corrected chi connectivity index (χ2v) is 9.59. The van der Waals surface area contributed by atoms with Crippen LogP contribution in [0.2, 0.25) is 0 Å². The molecule has 2 heterocycles. The lowest BCUT2D eigenvalue weighted by Gasteiger charge is -2.30. The third kappa shape index (κ3) is 5.31. The summed E-state index contributed by atoms with van der Waals surface area (Å²) >= 11 is 0. The number of benzene rings is 1. The first-order valence-electron chi connectivity index (χ1n) is 10.1. The van der Waals surface area contributed by atoms with Crippen LogP contribution < -0.4 is 10.6 Å². The minimum absolute atomic E-state index is 0.0505. The van der Waals surface area contributed by atoms with E-state index in [1.807, 2.05) is 45.0 Å². The number of hydrogen-bond donors (Lipinski definition) is 3. The third-order valence-corrected chi connectivity index (χ3v) is 4.83. The highest BCUT2D eigenvalue weighted by molar-refractivity contribution is 5.99. The van der Waals surface area contributed by atoms with Crippen LogP contribution in [-0.2, 0) is 23.1 Å². The van der Waals surface area contributed by atoms with Gasteiger partial charge in [-0.2, -0.15) is 5.10 Å². The van der Waals surface area contributed by atoms with E-state index in [0.29, 0.717) is 31.0 Å². The molecule has 2 aromatic rings. The Morgan fingerprint density at radius 3 is 2.33 bits per heavy atom. The predicted molar refractivity (Wildman–Crippen MR) is 117 cm³/mol. The Morgan fingerprint density at radius 2 is 1.73 bits per heavy atom. The fraction of sp³-hybridized carbons (Fsp3) is 0.500. The van der Waals surface area contributed by atoms with Gasteiger partial charge in [-0.1, -0.05) is 32.9 Å². The molecule has 3 rings (SSSR count). The van der Waals surface area contributed by atoms with Gasteiger partial charge in [-0.15, -0.1) is 0 Å². The van der Waals surface area contributed by atoms with Crippen molar-refractivity contribution >= 4 is 23.6 Å². The van der Waals surface area contributed by atoms with E-state index < -0.39 is 5.60 Å². The summed E-state index contributed by atoms with van der Waals surface area (Å²) in [7, 11) is 0. The molecule has 30 heavy (non-hydrogen) atoms. The van der Waals surface area contributed by atoms with E-state index in [0.717, 1.165) is 11.3 Å². The molecule has 3 amide bonds. The summed E-state index contributed by atoms with van der Waals surface area (Å²) in [5, 5.41) is 12.8. The standard InChI is InChI=1S/C22H31N5O3/c1-21(2,3)14-7-9-15(10-8-14)23-19(28)24-18-16-13-27(12-11-17(16)25-26-18)20(29)30-22(4,5)6/h7-10H,11-13H2,1-6H3,(H3,23,24,25,26,28). The SMILES string of the molecule is CC(C)(C)OC(=O)N1CCc2[nH]nc(NC(=O)Nc3ccc(C(C)(C)C)cc3)c2C1. The topological polar surface area (TPSA) is 99.3 Å². The van der Waals surface area contributed by atoms with Crippen molar-refractivity contribution in [3.05, 3.63) is 41.1 Å². The minimum atomic E-state index is -0.558. The van der Waals surface area contributed by atoms with Gasteiger partial charge < -0.3 is 15.0 Å². The Bertz CT molecular complexity index is 920. The van der Waals surface area contributed by atoms with Gasteiger partial charge in [0.15, 0.2) is 5.82 Å². The zero-order valence-electron chi connectivity index (χ0n) is 18.5. The van der Waals surface area contributed by atoms with Crippen LogP contribution in [0.3, 0.4) is 0 Å². The number of urea groups is 1. The molecule has 0 fully saturated rings. The number of H-pyrrole nitrogens is 1. The lowest BCUT2D eigenvalue weighted by Crippen LogP contribution is -2.40. The number of aromatic nitrogens is 2. The molecule has 1 aliphatic heterocycles. The average Bonchev–Trinajstić information content (AvgIpc) is 3.02. The monoisotopic (exact) mass is 413 g/mol. The van der Waals surface area contributed by atoms with Crippen molar-refractivity contribution in [3.8, 4) is 0 Å². The molecule has 8 nitrogen and oxygen atoms in total. The largest absolute Gasteiger partial charge is 0.444 e. The van der Waals surface area contributed by atoms with Gasteiger partial charge in [0.25, 0.3) is 0 Å². The predicted octanol–water partition coefficient (Wildman–Crippen LogP) is 4.64. The summed E-state index contributed by atoms with van der Waals surface area (Å²) in [6.07, 6.45) is 0.253. The van der Waals surface area contributed by atoms with E-state index >= 15 is 0 Å². The lowest BCUT2D eigenvalue weighted by molar-refractivity contribution is 0.0224. The van der Waals surface area contributed by atoms with E-state index in [4.69, 9.17) is 4.74 Å². The number of hydrogen-bond acceptors (Lipinski definition) is 4. The zero-order chi connectivity index (χ0) is 22.1. The quantitative estimate of drug-likeness (QED) is 0.667. The Morgan fingerprint density at radius 1 is 1.07 bits per heavy atom. The molecule has 0 aliphatic carbocycles. The van der Waals surface area contributed by atoms with E-state index in [-0.39, 0.29) is 17.5 Å². The van der Waals surface area contributed by atoms with Crippen LogP contribution in [-0.4, -0.2) is 39.4 Å². The maximum atomic E-state index is 12.5. The van der Waals surface area contributed by atoms with Gasteiger partial charge in [0.05, 0.1) is 6.54 Å². The van der Waals surface area contributed by atoms with Gasteiger partial charge in [-0.3, -0.25) is 10.4 Å². The van der Waals surface area contributed by atoms with Crippen molar-refractivity contribution in [2.24, 2.45) is 0 Å². The first kappa shape index (κ1) is 21.7. The van der Waals surface area contributed by atoms with Gasteiger partial charge in [0.1, 0.15) is 5.60 Å². The number of ether oxygens (including phenoxy) is 1. The normalized spacial score (nSPS) is 14.1. The summed E-state index contributed by atoms with van der Waals surface area (Å²) in [5.41, 5.74) is 3.09. The molecule has 1 aromatic heterocycles. The number of carbonyl (C=O) groups excluding carboxylic acids is 2. The maximum Gasteiger partial charge on any atom is 0.410 e. The van der Waals surface area contributed by atoms with E-state index in [1.54, 1.807) is 4.90 Å². The summed E-state index contributed by atoms with van der Waals surface area (Å²) in [4.78, 5) is 26.5. The molecule has 0 spiro atoms. The Labute approximate surface area is 177 Å². The van der Waals surface area contributed by atoms with Crippen LogP contribution in [0.25, 0.3) is 0 Å². The lowest BCUT2D eigenvalue weighted by atomic mass is 9.87.